The van der Waals surface area contributed by atoms with Gasteiger partial charge in [0.15, 0.2) is 11.2 Å². The Morgan fingerprint density at radius 2 is 1.64 bits per heavy atom. The number of piperazine rings is 1. The van der Waals surface area contributed by atoms with Gasteiger partial charge >= 0.3 is 5.69 Å². The van der Waals surface area contributed by atoms with Crippen LogP contribution >= 0.6 is 15.9 Å². The van der Waals surface area contributed by atoms with E-state index in [9.17, 15) is 19.2 Å². The average Bonchev–Trinajstić information content (AvgIpc) is 3.39. The van der Waals surface area contributed by atoms with Crippen molar-refractivity contribution in [1.82, 2.24) is 24.0 Å². The Labute approximate surface area is 196 Å². The highest BCUT2D eigenvalue weighted by molar-refractivity contribution is 9.10. The third kappa shape index (κ3) is 3.49. The standard InChI is InChI=1S/C21H22BrN7O4/c1-25-17-16(19(32)26(2)21(25)33)23-20(24-17)28-9-7-27(8-10-28)14-11-15(30)29(18(14)31)13-5-3-12(22)4-6-13/h3-6,14H,7-11H2,1-2H3,(H,23,24). The van der Waals surface area contributed by atoms with E-state index in [0.29, 0.717) is 43.5 Å². The number of aromatic amines is 1. The summed E-state index contributed by atoms with van der Waals surface area (Å²) in [5.41, 5.74) is 0.300. The quantitative estimate of drug-likeness (QED) is 0.494. The molecule has 1 aromatic carbocycles. The maximum atomic E-state index is 13.1. The van der Waals surface area contributed by atoms with Gasteiger partial charge in [0.1, 0.15) is 0 Å². The molecule has 0 saturated carbocycles. The van der Waals surface area contributed by atoms with Crippen LogP contribution in [0.4, 0.5) is 11.6 Å². The molecule has 1 atom stereocenters. The van der Waals surface area contributed by atoms with Crippen LogP contribution in [-0.4, -0.2) is 68.0 Å². The minimum absolute atomic E-state index is 0.150. The average molecular weight is 516 g/mol. The second-order valence-electron chi connectivity index (χ2n) is 8.25. The molecule has 11 nitrogen and oxygen atoms in total. The number of H-pyrrole nitrogens is 1. The van der Waals surface area contributed by atoms with Crippen molar-refractivity contribution in [2.75, 3.05) is 36.0 Å². The monoisotopic (exact) mass is 515 g/mol. The first-order chi connectivity index (χ1) is 15.8. The number of amides is 2. The Kier molecular flexibility index (Phi) is 5.20. The van der Waals surface area contributed by atoms with Gasteiger partial charge in [-0.3, -0.25) is 28.4 Å². The van der Waals surface area contributed by atoms with E-state index in [1.807, 2.05) is 9.80 Å². The molecule has 12 heteroatoms. The topological polar surface area (TPSA) is 117 Å². The smallest absolute Gasteiger partial charge is 0.332 e. The van der Waals surface area contributed by atoms with Gasteiger partial charge in [-0.05, 0) is 24.3 Å². The zero-order valence-corrected chi connectivity index (χ0v) is 19.7. The lowest BCUT2D eigenvalue weighted by Crippen LogP contribution is -2.52. The number of nitrogens with zero attached hydrogens (tertiary/aromatic N) is 6. The zero-order valence-electron chi connectivity index (χ0n) is 18.1. The molecule has 1 unspecified atom stereocenters. The van der Waals surface area contributed by atoms with Crippen LogP contribution in [0.1, 0.15) is 6.42 Å². The molecule has 2 aliphatic rings. The SMILES string of the molecule is Cn1c(=O)c2[nH]c(N3CCN(C4CC(=O)N(c5ccc(Br)cc5)C4=O)CC3)nc2n(C)c1=O. The highest BCUT2D eigenvalue weighted by Gasteiger charge is 2.43. The number of hydrogen-bond donors (Lipinski definition) is 1. The predicted molar refractivity (Wildman–Crippen MR) is 125 cm³/mol. The van der Waals surface area contributed by atoms with Crippen LogP contribution < -0.4 is 21.0 Å². The molecular formula is C21H22BrN7O4. The van der Waals surface area contributed by atoms with Crippen molar-refractivity contribution in [3.63, 3.8) is 0 Å². The number of imide groups is 1. The molecule has 1 N–H and O–H groups in total. The van der Waals surface area contributed by atoms with Crippen molar-refractivity contribution in [1.29, 1.82) is 0 Å². The van der Waals surface area contributed by atoms with Crippen molar-refractivity contribution in [3.05, 3.63) is 49.6 Å². The highest BCUT2D eigenvalue weighted by atomic mass is 79.9. The Balaban J connectivity index is 1.32. The van der Waals surface area contributed by atoms with E-state index >= 15 is 0 Å². The molecule has 2 saturated heterocycles. The minimum atomic E-state index is -0.493. The number of hydrogen-bond acceptors (Lipinski definition) is 7. The van der Waals surface area contributed by atoms with Crippen LogP contribution in [0.15, 0.2) is 38.3 Å². The van der Waals surface area contributed by atoms with Crippen LogP contribution in [0, 0.1) is 0 Å². The number of fused-ring (bicyclic) bond motifs is 1. The normalized spacial score (nSPS) is 19.8. The molecule has 33 heavy (non-hydrogen) atoms. The zero-order chi connectivity index (χ0) is 23.4. The largest absolute Gasteiger partial charge is 0.340 e. The van der Waals surface area contributed by atoms with E-state index < -0.39 is 17.3 Å². The second-order valence-corrected chi connectivity index (χ2v) is 9.17. The first-order valence-electron chi connectivity index (χ1n) is 10.5. The summed E-state index contributed by atoms with van der Waals surface area (Å²) in [7, 11) is 3.01. The van der Waals surface area contributed by atoms with Crippen LogP contribution in [0.5, 0.6) is 0 Å². The fourth-order valence-electron chi connectivity index (χ4n) is 4.47. The maximum Gasteiger partial charge on any atom is 0.332 e. The van der Waals surface area contributed by atoms with E-state index in [4.69, 9.17) is 0 Å². The Morgan fingerprint density at radius 3 is 2.30 bits per heavy atom. The summed E-state index contributed by atoms with van der Waals surface area (Å²) in [4.78, 5) is 63.1. The summed E-state index contributed by atoms with van der Waals surface area (Å²) >= 11 is 3.37. The van der Waals surface area contributed by atoms with E-state index in [1.165, 1.54) is 16.5 Å². The predicted octanol–water partition coefficient (Wildman–Crippen LogP) is 0.177. The van der Waals surface area contributed by atoms with Gasteiger partial charge in [-0.1, -0.05) is 15.9 Å². The van der Waals surface area contributed by atoms with Gasteiger partial charge in [0.2, 0.25) is 11.9 Å². The lowest BCUT2D eigenvalue weighted by molar-refractivity contribution is -0.123. The molecule has 2 fully saturated rings. The summed E-state index contributed by atoms with van der Waals surface area (Å²) in [5.74, 6) is 0.0927. The second kappa shape index (κ2) is 7.96. The number of benzene rings is 1. The van der Waals surface area contributed by atoms with E-state index in [0.717, 1.165) is 9.04 Å². The molecule has 0 bridgehead atoms. The number of carbonyl (C=O) groups is 2. The Morgan fingerprint density at radius 1 is 0.970 bits per heavy atom. The first kappa shape index (κ1) is 21.6. The van der Waals surface area contributed by atoms with Gasteiger partial charge in [-0.15, -0.1) is 0 Å². The molecule has 2 aromatic heterocycles. The summed E-state index contributed by atoms with van der Waals surface area (Å²) in [6.07, 6.45) is 0.150. The van der Waals surface area contributed by atoms with Gasteiger partial charge in [0.25, 0.3) is 11.5 Å². The summed E-state index contributed by atoms with van der Waals surface area (Å²) in [5, 5.41) is 0. The van der Waals surface area contributed by atoms with Gasteiger partial charge < -0.3 is 9.88 Å². The number of rotatable bonds is 3. The molecule has 0 aliphatic carbocycles. The van der Waals surface area contributed by atoms with Gasteiger partial charge in [0, 0.05) is 44.7 Å². The van der Waals surface area contributed by atoms with Crippen molar-refractivity contribution in [3.8, 4) is 0 Å². The third-order valence-corrected chi connectivity index (χ3v) is 6.87. The molecule has 3 aromatic rings. The lowest BCUT2D eigenvalue weighted by atomic mass is 10.2. The molecule has 2 amide bonds. The highest BCUT2D eigenvalue weighted by Crippen LogP contribution is 2.28. The molecule has 4 heterocycles. The Hall–Kier alpha value is -3.25. The van der Waals surface area contributed by atoms with Gasteiger partial charge in [-0.2, -0.15) is 4.98 Å². The minimum Gasteiger partial charge on any atom is -0.340 e. The Bertz CT molecular complexity index is 1380. The van der Waals surface area contributed by atoms with Crippen molar-refractivity contribution in [2.24, 2.45) is 14.1 Å². The molecular weight excluding hydrogens is 494 g/mol. The number of halogens is 1. The van der Waals surface area contributed by atoms with E-state index in [2.05, 4.69) is 25.9 Å². The van der Waals surface area contributed by atoms with Crippen LogP contribution in [-0.2, 0) is 23.7 Å². The number of aromatic nitrogens is 4. The van der Waals surface area contributed by atoms with Crippen molar-refractivity contribution < 1.29 is 9.59 Å². The fourth-order valence-corrected chi connectivity index (χ4v) is 4.74. The number of imidazole rings is 1. The molecule has 5 rings (SSSR count). The van der Waals surface area contributed by atoms with Gasteiger partial charge in [-0.25, -0.2) is 9.69 Å². The molecule has 172 valence electrons. The number of carbonyl (C=O) groups excluding carboxylic acids is 2. The summed E-state index contributed by atoms with van der Waals surface area (Å²) < 4.78 is 3.26. The van der Waals surface area contributed by atoms with Crippen molar-refractivity contribution in [2.45, 2.75) is 12.5 Å². The van der Waals surface area contributed by atoms with E-state index in [-0.39, 0.29) is 23.8 Å². The number of aryl methyl sites for hydroxylation is 1. The van der Waals surface area contributed by atoms with Gasteiger partial charge in [0.05, 0.1) is 18.2 Å². The van der Waals surface area contributed by atoms with Crippen molar-refractivity contribution >= 4 is 50.5 Å². The van der Waals surface area contributed by atoms with E-state index in [1.54, 1.807) is 31.3 Å². The molecule has 0 radical (unpaired) electrons. The summed E-state index contributed by atoms with van der Waals surface area (Å²) in [6, 6.07) is 6.61. The number of anilines is 2. The fraction of sp³-hybridized carbons (Fsp3) is 0.381. The lowest BCUT2D eigenvalue weighted by Gasteiger charge is -2.36. The van der Waals surface area contributed by atoms with Crippen LogP contribution in [0.3, 0.4) is 0 Å². The third-order valence-electron chi connectivity index (χ3n) is 6.34. The molecule has 2 aliphatic heterocycles. The number of nitrogens with one attached hydrogen (secondary N) is 1. The summed E-state index contributed by atoms with van der Waals surface area (Å²) in [6.45, 7) is 2.24. The first-order valence-corrected chi connectivity index (χ1v) is 11.3. The maximum absolute atomic E-state index is 13.1. The molecule has 0 spiro atoms. The van der Waals surface area contributed by atoms with Crippen LogP contribution in [0.25, 0.3) is 11.2 Å². The van der Waals surface area contributed by atoms with Crippen LogP contribution in [0.2, 0.25) is 0 Å².